The summed E-state index contributed by atoms with van der Waals surface area (Å²) in [5.74, 6) is -0.134. The predicted molar refractivity (Wildman–Crippen MR) is 86.0 cm³/mol. The molecule has 0 fully saturated rings. The molecule has 0 aliphatic carbocycles. The van der Waals surface area contributed by atoms with Crippen molar-refractivity contribution in [2.45, 2.75) is 13.0 Å². The maximum Gasteiger partial charge on any atom is 0.131 e. The van der Waals surface area contributed by atoms with Crippen LogP contribution in [0.2, 0.25) is 0 Å². The van der Waals surface area contributed by atoms with Crippen molar-refractivity contribution < 1.29 is 4.39 Å². The molecule has 106 valence electrons. The van der Waals surface area contributed by atoms with Gasteiger partial charge in [0.2, 0.25) is 0 Å². The van der Waals surface area contributed by atoms with Crippen molar-refractivity contribution in [1.82, 2.24) is 5.32 Å². The number of fused-ring (bicyclic) bond motifs is 1. The number of nitrogens with one attached hydrogen (secondary N) is 1. The highest BCUT2D eigenvalue weighted by atomic mass is 19.1. The lowest BCUT2D eigenvalue weighted by molar-refractivity contribution is 0.569. The fraction of sp³-hybridized carbons (Fsp3) is 0.158. The zero-order valence-electron chi connectivity index (χ0n) is 12.2. The Bertz CT molecular complexity index is 779. The van der Waals surface area contributed by atoms with E-state index in [0.29, 0.717) is 11.1 Å². The molecule has 1 nitrogen and oxygen atoms in total. The van der Waals surface area contributed by atoms with E-state index in [4.69, 9.17) is 0 Å². The van der Waals surface area contributed by atoms with Gasteiger partial charge in [-0.2, -0.15) is 0 Å². The number of rotatable bonds is 3. The summed E-state index contributed by atoms with van der Waals surface area (Å²) in [4.78, 5) is 0. The minimum atomic E-state index is -0.144. The number of hydrogen-bond acceptors (Lipinski definition) is 1. The highest BCUT2D eigenvalue weighted by Gasteiger charge is 2.17. The van der Waals surface area contributed by atoms with Gasteiger partial charge in [-0.3, -0.25) is 0 Å². The molecule has 2 heteroatoms. The molecule has 3 aromatic rings. The Morgan fingerprint density at radius 2 is 1.67 bits per heavy atom. The summed E-state index contributed by atoms with van der Waals surface area (Å²) >= 11 is 0. The van der Waals surface area contributed by atoms with E-state index in [1.807, 2.05) is 31.3 Å². The van der Waals surface area contributed by atoms with Crippen LogP contribution in [0.25, 0.3) is 10.8 Å². The molecule has 21 heavy (non-hydrogen) atoms. The monoisotopic (exact) mass is 279 g/mol. The fourth-order valence-corrected chi connectivity index (χ4v) is 2.78. The normalized spacial score (nSPS) is 12.5. The highest BCUT2D eigenvalue weighted by Crippen LogP contribution is 2.28. The second kappa shape index (κ2) is 5.66. The molecule has 0 saturated carbocycles. The van der Waals surface area contributed by atoms with Crippen LogP contribution < -0.4 is 5.32 Å². The van der Waals surface area contributed by atoms with Crippen molar-refractivity contribution in [2.24, 2.45) is 0 Å². The summed E-state index contributed by atoms with van der Waals surface area (Å²) in [6.45, 7) is 1.80. The molecule has 0 heterocycles. The SMILES string of the molecule is CNC(c1ccc2ccccc2c1)c1cccc(C)c1F. The Balaban J connectivity index is 2.11. The number of aryl methyl sites for hydroxylation is 1. The summed E-state index contributed by atoms with van der Waals surface area (Å²) in [7, 11) is 1.86. The summed E-state index contributed by atoms with van der Waals surface area (Å²) < 4.78 is 14.4. The molecular formula is C19H18FN. The van der Waals surface area contributed by atoms with Gasteiger partial charge in [-0.15, -0.1) is 0 Å². The highest BCUT2D eigenvalue weighted by molar-refractivity contribution is 5.83. The molecule has 1 unspecified atom stereocenters. The summed E-state index contributed by atoms with van der Waals surface area (Å²) in [5, 5.41) is 5.59. The van der Waals surface area contributed by atoms with E-state index in [0.717, 1.165) is 5.56 Å². The lowest BCUT2D eigenvalue weighted by Crippen LogP contribution is -2.19. The smallest absolute Gasteiger partial charge is 0.131 e. The van der Waals surface area contributed by atoms with Crippen LogP contribution in [-0.2, 0) is 0 Å². The minimum absolute atomic E-state index is 0.134. The first-order chi connectivity index (χ1) is 10.2. The molecule has 3 aromatic carbocycles. The number of hydrogen-bond donors (Lipinski definition) is 1. The lowest BCUT2D eigenvalue weighted by atomic mass is 9.95. The van der Waals surface area contributed by atoms with Crippen molar-refractivity contribution in [1.29, 1.82) is 0 Å². The predicted octanol–water partition coefficient (Wildman–Crippen LogP) is 4.60. The maximum atomic E-state index is 14.4. The van der Waals surface area contributed by atoms with Crippen LogP contribution in [-0.4, -0.2) is 7.05 Å². The number of halogens is 1. The topological polar surface area (TPSA) is 12.0 Å². The van der Waals surface area contributed by atoms with Gasteiger partial charge >= 0.3 is 0 Å². The Morgan fingerprint density at radius 1 is 0.905 bits per heavy atom. The Morgan fingerprint density at radius 3 is 2.43 bits per heavy atom. The largest absolute Gasteiger partial charge is 0.309 e. The van der Waals surface area contributed by atoms with Gasteiger partial charge in [-0.25, -0.2) is 4.39 Å². The van der Waals surface area contributed by atoms with Gasteiger partial charge < -0.3 is 5.32 Å². The van der Waals surface area contributed by atoms with Crippen LogP contribution in [0.5, 0.6) is 0 Å². The third-order valence-corrected chi connectivity index (χ3v) is 3.93. The van der Waals surface area contributed by atoms with Gasteiger partial charge in [0.05, 0.1) is 6.04 Å². The van der Waals surface area contributed by atoms with Gasteiger partial charge in [0.25, 0.3) is 0 Å². The molecule has 0 aliphatic rings. The molecule has 1 N–H and O–H groups in total. The summed E-state index contributed by atoms with van der Waals surface area (Å²) in [5.41, 5.74) is 2.43. The molecule has 0 aliphatic heterocycles. The lowest BCUT2D eigenvalue weighted by Gasteiger charge is -2.19. The summed E-state index contributed by atoms with van der Waals surface area (Å²) in [6.07, 6.45) is 0. The van der Waals surface area contributed by atoms with Crippen LogP contribution in [0.15, 0.2) is 60.7 Å². The van der Waals surface area contributed by atoms with Gasteiger partial charge in [0, 0.05) is 5.56 Å². The molecule has 1 atom stereocenters. The van der Waals surface area contributed by atoms with Crippen LogP contribution in [0, 0.1) is 12.7 Å². The molecule has 0 amide bonds. The molecule has 0 aromatic heterocycles. The van der Waals surface area contributed by atoms with Gasteiger partial charge in [-0.05, 0) is 41.9 Å². The quantitative estimate of drug-likeness (QED) is 0.739. The molecule has 0 radical (unpaired) electrons. The van der Waals surface area contributed by atoms with Crippen molar-refractivity contribution in [3.63, 3.8) is 0 Å². The Hall–Kier alpha value is -2.19. The van der Waals surface area contributed by atoms with Crippen molar-refractivity contribution in [3.05, 3.63) is 83.2 Å². The molecule has 0 saturated heterocycles. The first-order valence-electron chi connectivity index (χ1n) is 7.11. The second-order valence-electron chi connectivity index (χ2n) is 5.31. The molecule has 3 rings (SSSR count). The summed E-state index contributed by atoms with van der Waals surface area (Å²) in [6, 6.07) is 19.9. The third-order valence-electron chi connectivity index (χ3n) is 3.93. The number of benzene rings is 3. The second-order valence-corrected chi connectivity index (χ2v) is 5.31. The van der Waals surface area contributed by atoms with Crippen LogP contribution in [0.3, 0.4) is 0 Å². The standard InChI is InChI=1S/C19H18FN/c1-13-6-5-9-17(18(13)20)19(21-2)16-11-10-14-7-3-4-8-15(14)12-16/h3-12,19,21H,1-2H3. The van der Waals surface area contributed by atoms with E-state index in [1.54, 1.807) is 13.0 Å². The van der Waals surface area contributed by atoms with Crippen molar-refractivity contribution >= 4 is 10.8 Å². The first-order valence-corrected chi connectivity index (χ1v) is 7.11. The molecular weight excluding hydrogens is 261 g/mol. The Kier molecular flexibility index (Phi) is 3.72. The van der Waals surface area contributed by atoms with Crippen molar-refractivity contribution in [3.8, 4) is 0 Å². The van der Waals surface area contributed by atoms with Crippen molar-refractivity contribution in [2.75, 3.05) is 7.05 Å². The van der Waals surface area contributed by atoms with E-state index in [2.05, 4.69) is 35.6 Å². The average molecular weight is 279 g/mol. The minimum Gasteiger partial charge on any atom is -0.309 e. The van der Waals surface area contributed by atoms with E-state index in [-0.39, 0.29) is 11.9 Å². The van der Waals surface area contributed by atoms with Crippen LogP contribution in [0.4, 0.5) is 4.39 Å². The molecule has 0 bridgehead atoms. The fourth-order valence-electron chi connectivity index (χ4n) is 2.78. The van der Waals surface area contributed by atoms with E-state index >= 15 is 0 Å². The third kappa shape index (κ3) is 2.55. The zero-order chi connectivity index (χ0) is 14.8. The van der Waals surface area contributed by atoms with Gasteiger partial charge in [0.1, 0.15) is 5.82 Å². The van der Waals surface area contributed by atoms with E-state index in [9.17, 15) is 4.39 Å². The molecule has 0 spiro atoms. The van der Waals surface area contributed by atoms with Gasteiger partial charge in [-0.1, -0.05) is 54.6 Å². The van der Waals surface area contributed by atoms with Crippen LogP contribution >= 0.6 is 0 Å². The van der Waals surface area contributed by atoms with E-state index in [1.165, 1.54) is 10.8 Å². The first kappa shape index (κ1) is 13.8. The van der Waals surface area contributed by atoms with E-state index < -0.39 is 0 Å². The zero-order valence-corrected chi connectivity index (χ0v) is 12.2. The van der Waals surface area contributed by atoms with Gasteiger partial charge in [0.15, 0.2) is 0 Å². The maximum absolute atomic E-state index is 14.4. The van der Waals surface area contributed by atoms with Crippen LogP contribution in [0.1, 0.15) is 22.7 Å². The average Bonchev–Trinajstić information content (AvgIpc) is 2.52. The Labute approximate surface area is 124 Å².